The minimum Gasteiger partial charge on any atom is -0.493 e. The van der Waals surface area contributed by atoms with Crippen molar-refractivity contribution in [3.05, 3.63) is 99.9 Å². The summed E-state index contributed by atoms with van der Waals surface area (Å²) >= 11 is 1.26. The monoisotopic (exact) mass is 596 g/mol. The average Bonchev–Trinajstić information content (AvgIpc) is 3.67. The highest BCUT2D eigenvalue weighted by Gasteiger charge is 2.41. The number of carboxylic acid groups (broad SMARTS) is 1. The van der Waals surface area contributed by atoms with Crippen LogP contribution in [0.2, 0.25) is 0 Å². The van der Waals surface area contributed by atoms with Gasteiger partial charge in [0, 0.05) is 28.2 Å². The number of halogens is 3. The van der Waals surface area contributed by atoms with Gasteiger partial charge in [-0.15, -0.1) is 11.8 Å². The number of carbonyl (C=O) groups is 1. The molecule has 3 unspecified atom stereocenters. The van der Waals surface area contributed by atoms with Crippen LogP contribution in [0.25, 0.3) is 11.5 Å². The first-order valence-electron chi connectivity index (χ1n) is 13.4. The number of nitrogens with zero attached hydrogens (tertiary/aromatic N) is 1. The van der Waals surface area contributed by atoms with Gasteiger partial charge in [0.2, 0.25) is 5.89 Å². The summed E-state index contributed by atoms with van der Waals surface area (Å²) in [5, 5.41) is 12.0. The van der Waals surface area contributed by atoms with Crippen molar-refractivity contribution in [1.29, 1.82) is 0 Å². The van der Waals surface area contributed by atoms with E-state index in [0.717, 1.165) is 17.2 Å². The average molecular weight is 597 g/mol. The second kappa shape index (κ2) is 10.9. The molecule has 3 aliphatic rings. The van der Waals surface area contributed by atoms with Crippen molar-refractivity contribution in [3.8, 4) is 23.0 Å². The van der Waals surface area contributed by atoms with E-state index >= 15 is 8.78 Å². The van der Waals surface area contributed by atoms with Gasteiger partial charge in [-0.1, -0.05) is 24.3 Å². The van der Waals surface area contributed by atoms with Crippen LogP contribution in [0.5, 0.6) is 11.5 Å². The van der Waals surface area contributed by atoms with Gasteiger partial charge in [-0.3, -0.25) is 4.79 Å². The number of fused-ring (bicyclic) bond motifs is 2. The number of hydrogen-bond acceptors (Lipinski definition) is 7. The molecule has 0 saturated carbocycles. The van der Waals surface area contributed by atoms with Crippen molar-refractivity contribution < 1.29 is 37.0 Å². The number of para-hydroxylation sites is 1. The maximum atomic E-state index is 15.1. The predicted molar refractivity (Wildman–Crippen MR) is 151 cm³/mol. The molecule has 0 saturated heterocycles. The SMILES string of the molecule is CSC1=C(Oc2ccc(F)c(-c3nc(C4(C)CCOc5c(CCC(=O)O)cccc54)co3)c2)C(F)=C(F)C2NC=CC12. The number of benzene rings is 2. The molecular weight excluding hydrogens is 569 g/mol. The molecule has 6 rings (SSSR count). The quantitative estimate of drug-likeness (QED) is 0.293. The van der Waals surface area contributed by atoms with Crippen LogP contribution in [0.15, 0.2) is 81.7 Å². The molecule has 3 aromatic rings. The number of oxazole rings is 1. The second-order valence-corrected chi connectivity index (χ2v) is 11.3. The minimum absolute atomic E-state index is 0.00264. The standard InChI is InChI=1S/C31H27F3N2O5S/c1-31(11-13-39-27-16(6-9-23(37)38)4-3-5-20(27)31)22-15-40-30(36-22)19-14-17(7-8-21(19)32)41-28-25(34)24(33)26-18(10-12-35-26)29(28)42-2/h3-5,7-8,10,12,14-15,18,26,35H,6,9,11,13H2,1-2H3,(H,37,38). The van der Waals surface area contributed by atoms with E-state index in [0.29, 0.717) is 35.8 Å². The smallest absolute Gasteiger partial charge is 0.303 e. The molecular formula is C31H27F3N2O5S. The van der Waals surface area contributed by atoms with Gasteiger partial charge >= 0.3 is 5.97 Å². The number of allylic oxidation sites excluding steroid dienone is 1. The van der Waals surface area contributed by atoms with Gasteiger partial charge in [-0.05, 0) is 56.0 Å². The molecule has 0 bridgehead atoms. The molecule has 0 radical (unpaired) electrons. The summed E-state index contributed by atoms with van der Waals surface area (Å²) in [5.41, 5.74) is 1.52. The molecule has 42 heavy (non-hydrogen) atoms. The molecule has 2 aliphatic heterocycles. The zero-order valence-corrected chi connectivity index (χ0v) is 23.6. The number of rotatable bonds is 8. The maximum absolute atomic E-state index is 15.1. The van der Waals surface area contributed by atoms with Crippen LogP contribution in [0.4, 0.5) is 13.2 Å². The van der Waals surface area contributed by atoms with E-state index in [1.54, 1.807) is 18.5 Å². The Balaban J connectivity index is 1.32. The van der Waals surface area contributed by atoms with Gasteiger partial charge in [-0.25, -0.2) is 13.8 Å². The molecule has 218 valence electrons. The highest BCUT2D eigenvalue weighted by atomic mass is 32.2. The largest absolute Gasteiger partial charge is 0.493 e. The topological polar surface area (TPSA) is 93.8 Å². The Hall–Kier alpha value is -4.12. The third-order valence-electron chi connectivity index (χ3n) is 7.97. The van der Waals surface area contributed by atoms with Crippen molar-refractivity contribution in [1.82, 2.24) is 10.3 Å². The predicted octanol–water partition coefficient (Wildman–Crippen LogP) is 6.81. The Morgan fingerprint density at radius 2 is 2.10 bits per heavy atom. The fourth-order valence-corrected chi connectivity index (χ4v) is 6.47. The van der Waals surface area contributed by atoms with Gasteiger partial charge in [0.15, 0.2) is 17.4 Å². The molecule has 11 heteroatoms. The molecule has 7 nitrogen and oxygen atoms in total. The number of carboxylic acids is 1. The summed E-state index contributed by atoms with van der Waals surface area (Å²) in [6.45, 7) is 2.36. The van der Waals surface area contributed by atoms with Crippen LogP contribution in [-0.2, 0) is 16.6 Å². The van der Waals surface area contributed by atoms with E-state index in [-0.39, 0.29) is 29.4 Å². The van der Waals surface area contributed by atoms with Gasteiger partial charge in [0.1, 0.15) is 23.6 Å². The van der Waals surface area contributed by atoms with E-state index < -0.39 is 40.8 Å². The van der Waals surface area contributed by atoms with Crippen LogP contribution < -0.4 is 14.8 Å². The fourth-order valence-electron chi connectivity index (χ4n) is 5.66. The number of thioether (sulfide) groups is 1. The van der Waals surface area contributed by atoms with E-state index in [2.05, 4.69) is 10.3 Å². The highest BCUT2D eigenvalue weighted by Crippen LogP contribution is 2.46. The first kappa shape index (κ1) is 28.0. The van der Waals surface area contributed by atoms with E-state index in [4.69, 9.17) is 19.0 Å². The first-order valence-corrected chi connectivity index (χ1v) is 14.6. The Bertz CT molecular complexity index is 1670. The Kier molecular flexibility index (Phi) is 7.30. The molecule has 0 amide bonds. The third-order valence-corrected chi connectivity index (χ3v) is 8.87. The molecule has 0 spiro atoms. The zero-order valence-electron chi connectivity index (χ0n) is 22.7. The van der Waals surface area contributed by atoms with Crippen LogP contribution >= 0.6 is 11.8 Å². The summed E-state index contributed by atoms with van der Waals surface area (Å²) in [6, 6.07) is 8.63. The lowest BCUT2D eigenvalue weighted by Gasteiger charge is -2.35. The third kappa shape index (κ3) is 4.75. The summed E-state index contributed by atoms with van der Waals surface area (Å²) in [5.74, 6) is -3.53. The van der Waals surface area contributed by atoms with E-state index in [1.807, 2.05) is 25.1 Å². The molecule has 3 atom stereocenters. The van der Waals surface area contributed by atoms with Gasteiger partial charge < -0.3 is 24.3 Å². The van der Waals surface area contributed by atoms with Crippen molar-refractivity contribution in [3.63, 3.8) is 0 Å². The van der Waals surface area contributed by atoms with Crippen LogP contribution in [0, 0.1) is 11.7 Å². The molecule has 1 aromatic heterocycles. The fraction of sp³-hybridized carbons (Fsp3) is 0.290. The molecule has 3 heterocycles. The Morgan fingerprint density at radius 3 is 2.88 bits per heavy atom. The highest BCUT2D eigenvalue weighted by molar-refractivity contribution is 8.02. The molecule has 2 N–H and O–H groups in total. The number of ether oxygens (including phenoxy) is 2. The zero-order chi connectivity index (χ0) is 29.6. The molecule has 2 aromatic carbocycles. The number of aromatic nitrogens is 1. The lowest BCUT2D eigenvalue weighted by molar-refractivity contribution is -0.136. The number of hydrogen-bond donors (Lipinski definition) is 2. The Labute approximate surface area is 244 Å². The van der Waals surface area contributed by atoms with E-state index in [1.165, 1.54) is 30.2 Å². The minimum atomic E-state index is -1.10. The van der Waals surface area contributed by atoms with E-state index in [9.17, 15) is 9.18 Å². The molecule has 1 aliphatic carbocycles. The number of aryl methyl sites for hydroxylation is 1. The number of aliphatic carboxylic acids is 1. The van der Waals surface area contributed by atoms with Crippen molar-refractivity contribution >= 4 is 17.7 Å². The van der Waals surface area contributed by atoms with Crippen molar-refractivity contribution in [2.24, 2.45) is 5.92 Å². The van der Waals surface area contributed by atoms with Gasteiger partial charge in [0.25, 0.3) is 0 Å². The van der Waals surface area contributed by atoms with Gasteiger partial charge in [0.05, 0.1) is 23.9 Å². The Morgan fingerprint density at radius 1 is 1.26 bits per heavy atom. The summed E-state index contributed by atoms with van der Waals surface area (Å²) in [6.07, 6.45) is 7.42. The normalized spacial score (nSPS) is 22.9. The summed E-state index contributed by atoms with van der Waals surface area (Å²) in [4.78, 5) is 16.3. The first-order chi connectivity index (χ1) is 20.2. The van der Waals surface area contributed by atoms with Crippen molar-refractivity contribution in [2.45, 2.75) is 37.6 Å². The van der Waals surface area contributed by atoms with Gasteiger partial charge in [-0.2, -0.15) is 4.39 Å². The second-order valence-electron chi connectivity index (χ2n) is 10.5. The lowest BCUT2D eigenvalue weighted by atomic mass is 9.74. The van der Waals surface area contributed by atoms with Crippen LogP contribution in [0.3, 0.4) is 0 Å². The number of nitrogens with one attached hydrogen (secondary N) is 1. The maximum Gasteiger partial charge on any atom is 0.303 e. The summed E-state index contributed by atoms with van der Waals surface area (Å²) in [7, 11) is 0. The van der Waals surface area contributed by atoms with Crippen LogP contribution in [0.1, 0.15) is 36.6 Å². The van der Waals surface area contributed by atoms with Crippen molar-refractivity contribution in [2.75, 3.05) is 12.9 Å². The molecule has 0 fully saturated rings. The summed E-state index contributed by atoms with van der Waals surface area (Å²) < 4.78 is 62.5. The van der Waals surface area contributed by atoms with Crippen LogP contribution in [-0.4, -0.2) is 35.0 Å². The lowest BCUT2D eigenvalue weighted by Crippen LogP contribution is -2.32.